The van der Waals surface area contributed by atoms with E-state index in [1.54, 1.807) is 4.68 Å². The summed E-state index contributed by atoms with van der Waals surface area (Å²) < 4.78 is 2.63. The van der Waals surface area contributed by atoms with E-state index in [0.717, 1.165) is 27.0 Å². The topological polar surface area (TPSA) is 59.8 Å². The Morgan fingerprint density at radius 1 is 1.04 bits per heavy atom. The zero-order valence-corrected chi connectivity index (χ0v) is 16.9. The molecule has 5 nitrogen and oxygen atoms in total. The number of halogens is 2. The van der Waals surface area contributed by atoms with Gasteiger partial charge in [-0.05, 0) is 24.3 Å². The van der Waals surface area contributed by atoms with Crippen molar-refractivity contribution in [1.29, 1.82) is 0 Å². The maximum Gasteiger partial charge on any atom is 0.212 e. The van der Waals surface area contributed by atoms with Crippen molar-refractivity contribution in [2.75, 3.05) is 5.32 Å². The van der Waals surface area contributed by atoms with Crippen LogP contribution in [-0.4, -0.2) is 21.2 Å². The van der Waals surface area contributed by atoms with Crippen molar-refractivity contribution in [2.24, 2.45) is 0 Å². The zero-order valence-electron chi connectivity index (χ0n) is 13.8. The van der Waals surface area contributed by atoms with Crippen LogP contribution in [0.2, 0.25) is 5.02 Å². The van der Waals surface area contributed by atoms with Crippen molar-refractivity contribution in [3.63, 3.8) is 0 Å². The van der Waals surface area contributed by atoms with Gasteiger partial charge in [0.15, 0.2) is 0 Å². The fourth-order valence-electron chi connectivity index (χ4n) is 2.57. The fourth-order valence-corrected chi connectivity index (χ4v) is 3.75. The van der Waals surface area contributed by atoms with Gasteiger partial charge in [0.25, 0.3) is 0 Å². The van der Waals surface area contributed by atoms with E-state index in [1.807, 2.05) is 60.0 Å². The van der Waals surface area contributed by atoms with Gasteiger partial charge in [-0.3, -0.25) is 4.79 Å². The molecule has 4 rings (SSSR count). The molecule has 0 radical (unpaired) electrons. The predicted molar refractivity (Wildman–Crippen MR) is 113 cm³/mol. The van der Waals surface area contributed by atoms with Crippen LogP contribution >= 0.6 is 38.9 Å². The highest BCUT2D eigenvalue weighted by Crippen LogP contribution is 2.29. The van der Waals surface area contributed by atoms with E-state index in [0.29, 0.717) is 22.4 Å². The molecule has 0 saturated carbocycles. The van der Waals surface area contributed by atoms with E-state index in [2.05, 4.69) is 31.3 Å². The van der Waals surface area contributed by atoms with Gasteiger partial charge >= 0.3 is 0 Å². The van der Waals surface area contributed by atoms with Gasteiger partial charge in [0, 0.05) is 32.1 Å². The minimum Gasteiger partial charge on any atom is -0.313 e. The maximum absolute atomic E-state index is 11.0. The molecule has 2 aromatic heterocycles. The minimum atomic E-state index is 0.555. The summed E-state index contributed by atoms with van der Waals surface area (Å²) >= 11 is 10.8. The van der Waals surface area contributed by atoms with Gasteiger partial charge in [0.05, 0.1) is 11.4 Å². The van der Waals surface area contributed by atoms with Crippen molar-refractivity contribution in [1.82, 2.24) is 14.8 Å². The Morgan fingerprint density at radius 2 is 1.70 bits per heavy atom. The smallest absolute Gasteiger partial charge is 0.212 e. The second kappa shape index (κ2) is 7.64. The molecule has 1 amide bonds. The Morgan fingerprint density at radius 3 is 2.41 bits per heavy atom. The molecule has 8 heteroatoms. The van der Waals surface area contributed by atoms with Crippen LogP contribution < -0.4 is 5.32 Å². The third-order valence-corrected chi connectivity index (χ3v) is 5.47. The molecule has 4 aromatic rings. The van der Waals surface area contributed by atoms with Crippen LogP contribution in [0.5, 0.6) is 0 Å². The van der Waals surface area contributed by atoms with Gasteiger partial charge in [-0.25, -0.2) is 4.98 Å². The highest BCUT2D eigenvalue weighted by atomic mass is 79.9. The molecule has 0 fully saturated rings. The first-order valence-electron chi connectivity index (χ1n) is 7.92. The maximum atomic E-state index is 11.0. The lowest BCUT2D eigenvalue weighted by Gasteiger charge is -2.01. The molecule has 134 valence electrons. The lowest BCUT2D eigenvalue weighted by Crippen LogP contribution is -2.04. The molecule has 2 aromatic carbocycles. The van der Waals surface area contributed by atoms with E-state index in [-0.39, 0.29) is 0 Å². The van der Waals surface area contributed by atoms with Crippen molar-refractivity contribution in [3.05, 3.63) is 69.5 Å². The third kappa shape index (κ3) is 3.80. The Labute approximate surface area is 172 Å². The van der Waals surface area contributed by atoms with Gasteiger partial charge in [0.2, 0.25) is 11.5 Å². The normalized spacial score (nSPS) is 10.7. The molecule has 0 aliphatic rings. The van der Waals surface area contributed by atoms with Gasteiger partial charge in [-0.2, -0.15) is 9.78 Å². The number of hydrogen-bond donors (Lipinski definition) is 1. The lowest BCUT2D eigenvalue weighted by atomic mass is 10.2. The van der Waals surface area contributed by atoms with Crippen molar-refractivity contribution in [3.8, 4) is 27.6 Å². The molecule has 1 N–H and O–H groups in total. The number of carbonyl (C=O) groups excluding carboxylic acids is 1. The van der Waals surface area contributed by atoms with Crippen LogP contribution in [0.3, 0.4) is 0 Å². The van der Waals surface area contributed by atoms with Crippen LogP contribution in [-0.2, 0) is 4.79 Å². The van der Waals surface area contributed by atoms with Gasteiger partial charge in [0.1, 0.15) is 5.82 Å². The molecule has 0 bridgehead atoms. The average molecular weight is 460 g/mol. The summed E-state index contributed by atoms with van der Waals surface area (Å²) in [6, 6.07) is 17.1. The van der Waals surface area contributed by atoms with Crippen LogP contribution in [0.4, 0.5) is 5.82 Å². The summed E-state index contributed by atoms with van der Waals surface area (Å²) in [4.78, 5) is 15.7. The van der Waals surface area contributed by atoms with E-state index in [4.69, 9.17) is 11.6 Å². The number of benzene rings is 2. The Balaban J connectivity index is 1.73. The molecular weight excluding hydrogens is 448 g/mol. The summed E-state index contributed by atoms with van der Waals surface area (Å²) in [5.74, 6) is 0.555. The van der Waals surface area contributed by atoms with E-state index >= 15 is 0 Å². The summed E-state index contributed by atoms with van der Waals surface area (Å²) in [6.07, 6.45) is 0.632. The van der Waals surface area contributed by atoms with E-state index < -0.39 is 0 Å². The molecule has 0 saturated heterocycles. The van der Waals surface area contributed by atoms with Crippen LogP contribution in [0.1, 0.15) is 0 Å². The molecule has 0 atom stereocenters. The monoisotopic (exact) mass is 458 g/mol. The predicted octanol–water partition coefficient (Wildman–Crippen LogP) is 5.65. The summed E-state index contributed by atoms with van der Waals surface area (Å²) in [6.45, 7) is 0. The number of thiazole rings is 1. The highest BCUT2D eigenvalue weighted by molar-refractivity contribution is 9.10. The number of rotatable bonds is 5. The molecule has 0 aliphatic carbocycles. The lowest BCUT2D eigenvalue weighted by molar-refractivity contribution is -0.105. The molecule has 0 unspecified atom stereocenters. The number of amides is 1. The zero-order chi connectivity index (χ0) is 18.8. The molecule has 0 aliphatic heterocycles. The van der Waals surface area contributed by atoms with Crippen molar-refractivity contribution >= 4 is 51.1 Å². The minimum absolute atomic E-state index is 0.555. The SMILES string of the molecule is O=CNc1cc(-c2ccc(Br)cc2)nn1-c1nc(-c2ccc(Cl)cc2)cs1. The first-order valence-corrected chi connectivity index (χ1v) is 9.97. The fraction of sp³-hybridized carbons (Fsp3) is 0. The van der Waals surface area contributed by atoms with Crippen LogP contribution in [0, 0.1) is 0 Å². The summed E-state index contributed by atoms with van der Waals surface area (Å²) in [5, 5.41) is 10.6. The van der Waals surface area contributed by atoms with Crippen molar-refractivity contribution in [2.45, 2.75) is 0 Å². The molecular formula is C19H12BrClN4OS. The standard InChI is InChI=1S/C19H12BrClN4OS/c20-14-5-1-12(2-6-14)16-9-18(22-11-26)25(24-16)19-23-17(10-27-19)13-3-7-15(21)8-4-13/h1-11H,(H,22,26). The van der Waals surface area contributed by atoms with Gasteiger partial charge in [-0.1, -0.05) is 51.8 Å². The Bertz CT molecular complexity index is 1090. The number of nitrogens with one attached hydrogen (secondary N) is 1. The highest BCUT2D eigenvalue weighted by Gasteiger charge is 2.14. The van der Waals surface area contributed by atoms with E-state index in [9.17, 15) is 4.79 Å². The summed E-state index contributed by atoms with van der Waals surface area (Å²) in [5.41, 5.74) is 3.48. The second-order valence-corrected chi connectivity index (χ2v) is 7.81. The van der Waals surface area contributed by atoms with Crippen molar-refractivity contribution < 1.29 is 4.79 Å². The van der Waals surface area contributed by atoms with Crippen LogP contribution in [0.25, 0.3) is 27.6 Å². The molecule has 0 spiro atoms. The Hall–Kier alpha value is -2.48. The number of carbonyl (C=O) groups is 1. The van der Waals surface area contributed by atoms with Crippen LogP contribution in [0.15, 0.2) is 64.5 Å². The van der Waals surface area contributed by atoms with Gasteiger partial charge in [-0.15, -0.1) is 11.3 Å². The summed E-state index contributed by atoms with van der Waals surface area (Å²) in [7, 11) is 0. The number of nitrogens with zero attached hydrogens (tertiary/aromatic N) is 3. The Kier molecular flexibility index (Phi) is 5.07. The number of anilines is 1. The first-order chi connectivity index (χ1) is 13.1. The largest absolute Gasteiger partial charge is 0.313 e. The number of aromatic nitrogens is 3. The molecule has 2 heterocycles. The molecule has 27 heavy (non-hydrogen) atoms. The quantitative estimate of drug-likeness (QED) is 0.392. The van der Waals surface area contributed by atoms with E-state index in [1.165, 1.54) is 11.3 Å². The first kappa shape index (κ1) is 17.9. The van der Waals surface area contributed by atoms with Gasteiger partial charge < -0.3 is 5.32 Å². The number of hydrogen-bond acceptors (Lipinski definition) is 4. The second-order valence-electron chi connectivity index (χ2n) is 5.62. The third-order valence-electron chi connectivity index (χ3n) is 3.87. The average Bonchev–Trinajstić information content (AvgIpc) is 3.31.